The van der Waals surface area contributed by atoms with Crippen molar-refractivity contribution in [1.82, 2.24) is 9.88 Å². The number of ether oxygens (including phenoxy) is 3. The number of nitrogens with zero attached hydrogens (tertiary/aromatic N) is 3. The number of aliphatic carboxylic acids is 1. The fourth-order valence-electron chi connectivity index (χ4n) is 8.01. The molecule has 7 rings (SSSR count). The summed E-state index contributed by atoms with van der Waals surface area (Å²) in [6.07, 6.45) is 6.14. The lowest BCUT2D eigenvalue weighted by molar-refractivity contribution is -0.150. The van der Waals surface area contributed by atoms with Gasteiger partial charge in [0, 0.05) is 50.3 Å². The molecular weight excluding hydrogens is 738 g/mol. The first-order valence-corrected chi connectivity index (χ1v) is 19.7. The van der Waals surface area contributed by atoms with Crippen LogP contribution < -0.4 is 9.47 Å². The van der Waals surface area contributed by atoms with Crippen molar-refractivity contribution in [3.63, 3.8) is 0 Å². The van der Waals surface area contributed by atoms with E-state index < -0.39 is 18.0 Å². The molecule has 57 heavy (non-hydrogen) atoms. The molecule has 5 aromatic rings. The second kappa shape index (κ2) is 17.1. The van der Waals surface area contributed by atoms with Crippen molar-refractivity contribution in [2.24, 2.45) is 5.41 Å². The third-order valence-corrected chi connectivity index (χ3v) is 12.1. The zero-order valence-corrected chi connectivity index (χ0v) is 33.6. The summed E-state index contributed by atoms with van der Waals surface area (Å²) in [7, 11) is 1.80. The van der Waals surface area contributed by atoms with E-state index in [0.29, 0.717) is 45.4 Å². The summed E-state index contributed by atoms with van der Waals surface area (Å²) in [5, 5.41) is 29.3. The number of carboxylic acid groups (broad SMARTS) is 1. The Bertz CT molecular complexity index is 2330. The Balaban J connectivity index is 1.11. The number of carboxylic acids is 1. The van der Waals surface area contributed by atoms with Crippen LogP contribution in [0.4, 0.5) is 0 Å². The van der Waals surface area contributed by atoms with E-state index in [9.17, 15) is 20.3 Å². The van der Waals surface area contributed by atoms with Gasteiger partial charge in [-0.05, 0) is 114 Å². The van der Waals surface area contributed by atoms with Gasteiger partial charge in [0.1, 0.15) is 30.8 Å². The SMILES string of the molecule is COC1CN(C2CCc3cc(-c4cccc(-c5cccc(COc6cc(OCc7cncc(C#N)c7)c(CC[C@@](C)(CO)C(=O)O)cc6Cl)c5C)c4C)ccc32)C1. The molecule has 2 N–H and O–H groups in total. The van der Waals surface area contributed by atoms with Crippen LogP contribution in [0.5, 0.6) is 11.5 Å². The number of methoxy groups -OCH3 is 1. The van der Waals surface area contributed by atoms with Gasteiger partial charge in [0.05, 0.1) is 28.7 Å². The highest BCUT2D eigenvalue weighted by Gasteiger charge is 2.36. The number of hydrogen-bond donors (Lipinski definition) is 2. The van der Waals surface area contributed by atoms with Gasteiger partial charge in [-0.1, -0.05) is 66.2 Å². The molecule has 1 saturated heterocycles. The smallest absolute Gasteiger partial charge is 0.311 e. The fraction of sp³-hybridized carbons (Fsp3) is 0.340. The average Bonchev–Trinajstić information content (AvgIpc) is 3.62. The number of nitriles is 1. The normalized spacial score (nSPS) is 16.3. The molecule has 9 nitrogen and oxygen atoms in total. The Hall–Kier alpha value is -5.24. The summed E-state index contributed by atoms with van der Waals surface area (Å²) in [4.78, 5) is 18.6. The third kappa shape index (κ3) is 8.41. The molecule has 2 atom stereocenters. The van der Waals surface area contributed by atoms with Crippen LogP contribution in [0.1, 0.15) is 70.3 Å². The Kier molecular flexibility index (Phi) is 12.0. The quantitative estimate of drug-likeness (QED) is 0.107. The number of aliphatic hydroxyl groups excluding tert-OH is 1. The van der Waals surface area contributed by atoms with Crippen molar-refractivity contribution in [3.8, 4) is 39.8 Å². The van der Waals surface area contributed by atoms with Gasteiger partial charge in [-0.25, -0.2) is 0 Å². The molecule has 0 saturated carbocycles. The first kappa shape index (κ1) is 40.0. The zero-order chi connectivity index (χ0) is 40.3. The predicted octanol–water partition coefficient (Wildman–Crippen LogP) is 9.05. The molecule has 1 aliphatic heterocycles. The molecule has 2 aliphatic rings. The number of aliphatic hydroxyl groups is 1. The van der Waals surface area contributed by atoms with E-state index in [1.807, 2.05) is 0 Å². The molecule has 1 unspecified atom stereocenters. The van der Waals surface area contributed by atoms with E-state index in [1.165, 1.54) is 46.5 Å². The van der Waals surface area contributed by atoms with Gasteiger partial charge in [0.2, 0.25) is 0 Å². The molecule has 0 amide bonds. The lowest BCUT2D eigenvalue weighted by Gasteiger charge is -2.42. The van der Waals surface area contributed by atoms with E-state index >= 15 is 0 Å². The lowest BCUT2D eigenvalue weighted by atomic mass is 9.85. The molecule has 1 fully saturated rings. The van der Waals surface area contributed by atoms with Crippen LogP contribution >= 0.6 is 11.6 Å². The number of aryl methyl sites for hydroxylation is 2. The highest BCUT2D eigenvalue weighted by molar-refractivity contribution is 6.32. The number of likely N-dealkylation sites (tertiary alicyclic amines) is 1. The van der Waals surface area contributed by atoms with Gasteiger partial charge < -0.3 is 24.4 Å². The number of aromatic nitrogens is 1. The maximum atomic E-state index is 11.9. The number of carbonyl (C=O) groups is 1. The topological polar surface area (TPSA) is 125 Å². The molecule has 1 aliphatic carbocycles. The molecular formula is C47H48ClN3O6. The minimum atomic E-state index is -1.34. The number of halogens is 1. The third-order valence-electron chi connectivity index (χ3n) is 11.8. The standard InChI is InChI=1S/C47H48ClN3O6/c1-29-36(27-57-45-20-44(56-26-32-17-31(21-49)22-50-23-32)35(19-42(45)48)15-16-47(3,28-52)46(53)54)7-5-9-39(29)40-10-6-8-38(30(40)2)33-11-13-41-34(18-33)12-14-43(41)51-24-37(25-51)55-4/h5-11,13,17-20,22-23,37,43,52H,12,14-16,24-28H2,1-4H3,(H,53,54)/t43?,47-/m0/s1. The second-order valence-corrected chi connectivity index (χ2v) is 15.9. The van der Waals surface area contributed by atoms with Gasteiger partial charge in [0.15, 0.2) is 0 Å². The summed E-state index contributed by atoms with van der Waals surface area (Å²) < 4.78 is 18.2. The van der Waals surface area contributed by atoms with Crippen molar-refractivity contribution >= 4 is 17.6 Å². The monoisotopic (exact) mass is 785 g/mol. The number of fused-ring (bicyclic) bond motifs is 1. The van der Waals surface area contributed by atoms with Crippen LogP contribution in [0.25, 0.3) is 22.3 Å². The minimum Gasteiger partial charge on any atom is -0.488 e. The molecule has 10 heteroatoms. The highest BCUT2D eigenvalue weighted by Crippen LogP contribution is 2.42. The Morgan fingerprint density at radius 1 is 0.947 bits per heavy atom. The second-order valence-electron chi connectivity index (χ2n) is 15.5. The fourth-order valence-corrected chi connectivity index (χ4v) is 8.25. The van der Waals surface area contributed by atoms with Gasteiger partial charge in [-0.3, -0.25) is 14.7 Å². The number of hydrogen-bond acceptors (Lipinski definition) is 8. The summed E-state index contributed by atoms with van der Waals surface area (Å²) in [6.45, 7) is 7.69. The van der Waals surface area contributed by atoms with Crippen LogP contribution in [0, 0.1) is 30.6 Å². The first-order valence-electron chi connectivity index (χ1n) is 19.4. The Morgan fingerprint density at radius 2 is 1.68 bits per heavy atom. The number of benzene rings is 4. The van der Waals surface area contributed by atoms with Gasteiger partial charge >= 0.3 is 5.97 Å². The maximum absolute atomic E-state index is 11.9. The van der Waals surface area contributed by atoms with E-state index in [-0.39, 0.29) is 26.1 Å². The largest absolute Gasteiger partial charge is 0.488 e. The van der Waals surface area contributed by atoms with Gasteiger partial charge in [-0.2, -0.15) is 5.26 Å². The average molecular weight is 786 g/mol. The van der Waals surface area contributed by atoms with Crippen molar-refractivity contribution in [3.05, 3.63) is 135 Å². The summed E-state index contributed by atoms with van der Waals surface area (Å²) >= 11 is 6.82. The molecule has 294 valence electrons. The molecule has 4 aromatic carbocycles. The number of pyridine rings is 1. The maximum Gasteiger partial charge on any atom is 0.311 e. The van der Waals surface area contributed by atoms with E-state index in [2.05, 4.69) is 84.4 Å². The molecule has 2 heterocycles. The van der Waals surface area contributed by atoms with E-state index in [1.54, 1.807) is 31.5 Å². The summed E-state index contributed by atoms with van der Waals surface area (Å²) in [5.41, 5.74) is 11.4. The van der Waals surface area contributed by atoms with Crippen LogP contribution in [0.15, 0.2) is 85.2 Å². The molecule has 0 bridgehead atoms. The van der Waals surface area contributed by atoms with Crippen molar-refractivity contribution in [1.29, 1.82) is 5.26 Å². The van der Waals surface area contributed by atoms with Gasteiger partial charge in [-0.15, -0.1) is 0 Å². The van der Waals surface area contributed by atoms with E-state index in [4.69, 9.17) is 25.8 Å². The predicted molar refractivity (Wildman–Crippen MR) is 220 cm³/mol. The first-order chi connectivity index (χ1) is 27.5. The van der Waals surface area contributed by atoms with Crippen LogP contribution in [-0.4, -0.2) is 59.0 Å². The number of rotatable bonds is 15. The van der Waals surface area contributed by atoms with Crippen molar-refractivity contribution in [2.75, 3.05) is 26.8 Å². The molecule has 0 radical (unpaired) electrons. The van der Waals surface area contributed by atoms with Gasteiger partial charge in [0.25, 0.3) is 0 Å². The Morgan fingerprint density at radius 3 is 2.42 bits per heavy atom. The molecule has 0 spiro atoms. The van der Waals surface area contributed by atoms with E-state index in [0.717, 1.165) is 42.6 Å². The van der Waals surface area contributed by atoms with Crippen LogP contribution in [0.3, 0.4) is 0 Å². The summed E-state index contributed by atoms with van der Waals surface area (Å²) in [6, 6.07) is 27.5. The molecule has 1 aromatic heterocycles. The Labute approximate surface area is 339 Å². The zero-order valence-electron chi connectivity index (χ0n) is 32.8. The highest BCUT2D eigenvalue weighted by atomic mass is 35.5. The minimum absolute atomic E-state index is 0.117. The van der Waals surface area contributed by atoms with Crippen molar-refractivity contribution in [2.45, 2.75) is 71.8 Å². The van der Waals surface area contributed by atoms with Crippen LogP contribution in [-0.2, 0) is 35.6 Å². The summed E-state index contributed by atoms with van der Waals surface area (Å²) in [5.74, 6) is -0.211. The van der Waals surface area contributed by atoms with Crippen molar-refractivity contribution < 1.29 is 29.2 Å². The van der Waals surface area contributed by atoms with Crippen LogP contribution in [0.2, 0.25) is 5.02 Å². The lowest BCUT2D eigenvalue weighted by Crippen LogP contribution is -2.52.